The molecule has 0 spiro atoms. The first-order chi connectivity index (χ1) is 8.15. The molecule has 1 N–H and O–H groups in total. The van der Waals surface area contributed by atoms with E-state index in [2.05, 4.69) is 44.8 Å². The number of hydrogen-bond donors (Lipinski definition) is 1. The summed E-state index contributed by atoms with van der Waals surface area (Å²) < 4.78 is 5.43. The fourth-order valence-electron chi connectivity index (χ4n) is 1.84. The maximum Gasteiger partial charge on any atom is 0.0593 e. The van der Waals surface area contributed by atoms with Crippen LogP contribution in [0.2, 0.25) is 0 Å². The Morgan fingerprint density at radius 2 is 1.88 bits per heavy atom. The third kappa shape index (κ3) is 8.58. The van der Waals surface area contributed by atoms with Crippen LogP contribution >= 0.6 is 0 Å². The second kappa shape index (κ2) is 11.0. The molecule has 0 saturated carbocycles. The van der Waals surface area contributed by atoms with Crippen molar-refractivity contribution >= 4 is 0 Å². The van der Waals surface area contributed by atoms with E-state index in [4.69, 9.17) is 4.74 Å². The number of nitrogens with zero attached hydrogens (tertiary/aromatic N) is 1. The Balaban J connectivity index is 3.99. The molecule has 0 fully saturated rings. The normalized spacial score (nSPS) is 13.6. The van der Waals surface area contributed by atoms with Crippen LogP contribution in [0.4, 0.5) is 0 Å². The van der Waals surface area contributed by atoms with E-state index in [0.29, 0.717) is 12.0 Å². The molecule has 0 saturated heterocycles. The summed E-state index contributed by atoms with van der Waals surface area (Å²) in [7, 11) is 0. The van der Waals surface area contributed by atoms with Gasteiger partial charge in [0.15, 0.2) is 0 Å². The van der Waals surface area contributed by atoms with Gasteiger partial charge in [0.2, 0.25) is 0 Å². The van der Waals surface area contributed by atoms with Gasteiger partial charge in [0.1, 0.15) is 0 Å². The highest BCUT2D eigenvalue weighted by Crippen LogP contribution is 2.04. The summed E-state index contributed by atoms with van der Waals surface area (Å²) in [5.41, 5.74) is 0. The molecule has 3 nitrogen and oxygen atoms in total. The van der Waals surface area contributed by atoms with Crippen LogP contribution in [0.25, 0.3) is 0 Å². The lowest BCUT2D eigenvalue weighted by molar-refractivity contribution is 0.108. The molecule has 0 rings (SSSR count). The van der Waals surface area contributed by atoms with Gasteiger partial charge in [-0.3, -0.25) is 4.90 Å². The van der Waals surface area contributed by atoms with Crippen LogP contribution in [-0.2, 0) is 4.74 Å². The fourth-order valence-corrected chi connectivity index (χ4v) is 1.84. The summed E-state index contributed by atoms with van der Waals surface area (Å²) in [6.45, 7) is 17.1. The second-order valence-electron chi connectivity index (χ2n) is 4.89. The lowest BCUT2D eigenvalue weighted by Crippen LogP contribution is -2.45. The minimum Gasteiger partial charge on any atom is -0.380 e. The Kier molecular flexibility index (Phi) is 10.9. The summed E-state index contributed by atoms with van der Waals surface area (Å²) in [6, 6.07) is 0.594. The summed E-state index contributed by atoms with van der Waals surface area (Å²) in [5.74, 6) is 0.683. The maximum atomic E-state index is 5.43. The molecule has 0 heterocycles. The monoisotopic (exact) mass is 244 g/mol. The minimum atomic E-state index is 0.594. The number of hydrogen-bond acceptors (Lipinski definition) is 3. The molecular formula is C14H32N2O. The smallest absolute Gasteiger partial charge is 0.0593 e. The third-order valence-electron chi connectivity index (χ3n) is 3.12. The van der Waals surface area contributed by atoms with Crippen LogP contribution in [0.5, 0.6) is 0 Å². The number of ether oxygens (including phenoxy) is 1. The largest absolute Gasteiger partial charge is 0.380 e. The van der Waals surface area contributed by atoms with Crippen LogP contribution in [0, 0.1) is 5.92 Å². The quantitative estimate of drug-likeness (QED) is 0.565. The molecule has 0 aromatic heterocycles. The fraction of sp³-hybridized carbons (Fsp3) is 1.00. The second-order valence-corrected chi connectivity index (χ2v) is 4.89. The van der Waals surface area contributed by atoms with Gasteiger partial charge in [0.05, 0.1) is 6.61 Å². The molecule has 0 aromatic carbocycles. The van der Waals surface area contributed by atoms with Crippen molar-refractivity contribution < 1.29 is 4.74 Å². The van der Waals surface area contributed by atoms with Crippen LogP contribution in [0.1, 0.15) is 41.0 Å². The zero-order chi connectivity index (χ0) is 13.1. The first-order valence-electron chi connectivity index (χ1n) is 7.19. The van der Waals surface area contributed by atoms with Gasteiger partial charge in [-0.15, -0.1) is 0 Å². The van der Waals surface area contributed by atoms with Gasteiger partial charge in [-0.1, -0.05) is 27.7 Å². The van der Waals surface area contributed by atoms with Crippen molar-refractivity contribution in [3.8, 4) is 0 Å². The van der Waals surface area contributed by atoms with E-state index < -0.39 is 0 Å². The van der Waals surface area contributed by atoms with Gasteiger partial charge in [0.25, 0.3) is 0 Å². The molecule has 17 heavy (non-hydrogen) atoms. The average Bonchev–Trinajstić information content (AvgIpc) is 2.32. The molecule has 1 atom stereocenters. The van der Waals surface area contributed by atoms with Crippen LogP contribution in [-0.4, -0.2) is 50.3 Å². The predicted molar refractivity (Wildman–Crippen MR) is 75.5 cm³/mol. The predicted octanol–water partition coefficient (Wildman–Crippen LogP) is 2.37. The van der Waals surface area contributed by atoms with Crippen molar-refractivity contribution in [3.63, 3.8) is 0 Å². The zero-order valence-corrected chi connectivity index (χ0v) is 12.5. The first kappa shape index (κ1) is 16.9. The summed E-state index contributed by atoms with van der Waals surface area (Å²) in [5, 5.41) is 3.64. The van der Waals surface area contributed by atoms with Gasteiger partial charge in [0, 0.05) is 25.7 Å². The van der Waals surface area contributed by atoms with Crippen LogP contribution in [0.3, 0.4) is 0 Å². The highest BCUT2D eigenvalue weighted by atomic mass is 16.5. The van der Waals surface area contributed by atoms with E-state index in [1.807, 2.05) is 0 Å². The molecule has 0 aliphatic carbocycles. The van der Waals surface area contributed by atoms with E-state index in [-0.39, 0.29) is 0 Å². The number of likely N-dealkylation sites (N-methyl/N-ethyl adjacent to an activating group) is 1. The standard InChI is InChI=1S/C14H32N2O/c1-6-9-15-14(13(4)5)12-16(7-2)10-11-17-8-3/h13-15H,6-12H2,1-5H3. The Labute approximate surface area is 108 Å². The Morgan fingerprint density at radius 1 is 1.18 bits per heavy atom. The SMILES string of the molecule is CCCNC(CN(CC)CCOCC)C(C)C. The lowest BCUT2D eigenvalue weighted by atomic mass is 10.0. The van der Waals surface area contributed by atoms with Crippen molar-refractivity contribution in [2.24, 2.45) is 5.92 Å². The maximum absolute atomic E-state index is 5.43. The van der Waals surface area contributed by atoms with Crippen LogP contribution in [0.15, 0.2) is 0 Å². The third-order valence-corrected chi connectivity index (χ3v) is 3.12. The van der Waals surface area contributed by atoms with Crippen molar-refractivity contribution in [1.82, 2.24) is 10.2 Å². The van der Waals surface area contributed by atoms with Gasteiger partial charge in [-0.25, -0.2) is 0 Å². The van der Waals surface area contributed by atoms with Gasteiger partial charge in [-0.05, 0) is 32.4 Å². The number of nitrogens with one attached hydrogen (secondary N) is 1. The van der Waals surface area contributed by atoms with E-state index in [1.165, 1.54) is 6.42 Å². The number of rotatable bonds is 11. The summed E-state index contributed by atoms with van der Waals surface area (Å²) >= 11 is 0. The van der Waals surface area contributed by atoms with Crippen molar-refractivity contribution in [1.29, 1.82) is 0 Å². The average molecular weight is 244 g/mol. The summed E-state index contributed by atoms with van der Waals surface area (Å²) in [4.78, 5) is 2.48. The van der Waals surface area contributed by atoms with Crippen LogP contribution < -0.4 is 5.32 Å². The van der Waals surface area contributed by atoms with Crippen molar-refractivity contribution in [2.45, 2.75) is 47.1 Å². The molecule has 1 unspecified atom stereocenters. The van der Waals surface area contributed by atoms with Gasteiger partial charge >= 0.3 is 0 Å². The molecule has 104 valence electrons. The Bertz CT molecular complexity index is 162. The molecule has 0 bridgehead atoms. The highest BCUT2D eigenvalue weighted by molar-refractivity contribution is 4.74. The first-order valence-corrected chi connectivity index (χ1v) is 7.19. The molecule has 0 amide bonds. The molecule has 0 aromatic rings. The van der Waals surface area contributed by atoms with Gasteiger partial charge in [-0.2, -0.15) is 0 Å². The zero-order valence-electron chi connectivity index (χ0n) is 12.5. The summed E-state index contributed by atoms with van der Waals surface area (Å²) in [6.07, 6.45) is 1.20. The minimum absolute atomic E-state index is 0.594. The van der Waals surface area contributed by atoms with E-state index in [0.717, 1.165) is 39.4 Å². The highest BCUT2D eigenvalue weighted by Gasteiger charge is 2.15. The molecular weight excluding hydrogens is 212 g/mol. The van der Waals surface area contributed by atoms with E-state index >= 15 is 0 Å². The molecule has 0 aliphatic rings. The van der Waals surface area contributed by atoms with E-state index in [9.17, 15) is 0 Å². The molecule has 3 heteroatoms. The van der Waals surface area contributed by atoms with E-state index in [1.54, 1.807) is 0 Å². The van der Waals surface area contributed by atoms with Gasteiger partial charge < -0.3 is 10.1 Å². The lowest BCUT2D eigenvalue weighted by Gasteiger charge is -2.29. The Hall–Kier alpha value is -0.120. The van der Waals surface area contributed by atoms with Crippen molar-refractivity contribution in [2.75, 3.05) is 39.4 Å². The Morgan fingerprint density at radius 3 is 2.35 bits per heavy atom. The topological polar surface area (TPSA) is 24.5 Å². The van der Waals surface area contributed by atoms with Crippen molar-refractivity contribution in [3.05, 3.63) is 0 Å². The molecule has 0 radical (unpaired) electrons. The molecule has 0 aliphatic heterocycles.